The lowest BCUT2D eigenvalue weighted by atomic mass is 10.1. The summed E-state index contributed by atoms with van der Waals surface area (Å²) in [6.07, 6.45) is 1.49. The van der Waals surface area contributed by atoms with E-state index in [-0.39, 0.29) is 23.1 Å². The second-order valence-corrected chi connectivity index (χ2v) is 8.10. The highest BCUT2D eigenvalue weighted by Gasteiger charge is 2.32. The molecule has 0 amide bonds. The van der Waals surface area contributed by atoms with Crippen molar-refractivity contribution in [2.45, 2.75) is 25.4 Å². The molecule has 1 heterocycles. The summed E-state index contributed by atoms with van der Waals surface area (Å²) in [5.41, 5.74) is 1.24. The Morgan fingerprint density at radius 2 is 2.04 bits per heavy atom. The van der Waals surface area contributed by atoms with Gasteiger partial charge in [-0.2, -0.15) is 0 Å². The summed E-state index contributed by atoms with van der Waals surface area (Å²) in [7, 11) is -1.28. The van der Waals surface area contributed by atoms with E-state index in [0.29, 0.717) is 19.6 Å². The molecule has 6 nitrogen and oxygen atoms in total. The normalized spacial score (nSPS) is 20.0. The Morgan fingerprint density at radius 1 is 1.35 bits per heavy atom. The first-order valence-electron chi connectivity index (χ1n) is 7.67. The van der Waals surface area contributed by atoms with Crippen molar-refractivity contribution in [1.82, 2.24) is 4.90 Å². The molecule has 0 radical (unpaired) electrons. The van der Waals surface area contributed by atoms with E-state index in [0.717, 1.165) is 18.5 Å². The highest BCUT2D eigenvalue weighted by atomic mass is 32.2. The molecule has 1 aliphatic rings. The second-order valence-electron chi connectivity index (χ2n) is 5.88. The van der Waals surface area contributed by atoms with Crippen molar-refractivity contribution in [3.63, 3.8) is 0 Å². The molecule has 23 heavy (non-hydrogen) atoms. The van der Waals surface area contributed by atoms with Gasteiger partial charge < -0.3 is 9.84 Å². The zero-order valence-electron chi connectivity index (χ0n) is 13.3. The lowest BCUT2D eigenvalue weighted by Gasteiger charge is -2.28. The molecular formula is C16H23NO5S. The van der Waals surface area contributed by atoms with Crippen LogP contribution in [0.25, 0.3) is 0 Å². The number of carboxylic acid groups (broad SMARTS) is 1. The Balaban J connectivity index is 2.05. The summed E-state index contributed by atoms with van der Waals surface area (Å²) in [6, 6.07) is 6.76. The predicted molar refractivity (Wildman–Crippen MR) is 87.4 cm³/mol. The maximum absolute atomic E-state index is 11.7. The van der Waals surface area contributed by atoms with Crippen LogP contribution in [-0.2, 0) is 21.1 Å². The zero-order valence-corrected chi connectivity index (χ0v) is 14.1. The van der Waals surface area contributed by atoms with Crippen molar-refractivity contribution in [3.05, 3.63) is 35.4 Å². The zero-order chi connectivity index (χ0) is 16.9. The average Bonchev–Trinajstić information content (AvgIpc) is 2.87. The number of aromatic carboxylic acids is 1. The summed E-state index contributed by atoms with van der Waals surface area (Å²) in [4.78, 5) is 13.1. The van der Waals surface area contributed by atoms with Gasteiger partial charge in [0, 0.05) is 32.8 Å². The van der Waals surface area contributed by atoms with Crippen molar-refractivity contribution >= 4 is 15.8 Å². The SMILES string of the molecule is COCCCN(Cc1ccc(C(=O)O)cc1)C1CCS(=O)(=O)C1. The number of carbonyl (C=O) groups is 1. The quantitative estimate of drug-likeness (QED) is 0.720. The van der Waals surface area contributed by atoms with Crippen LogP contribution in [0.5, 0.6) is 0 Å². The van der Waals surface area contributed by atoms with Crippen molar-refractivity contribution in [3.8, 4) is 0 Å². The van der Waals surface area contributed by atoms with Crippen LogP contribution < -0.4 is 0 Å². The Hall–Kier alpha value is -1.44. The van der Waals surface area contributed by atoms with Crippen LogP contribution in [0.1, 0.15) is 28.8 Å². The number of rotatable bonds is 8. The molecule has 1 saturated heterocycles. The third-order valence-corrected chi connectivity index (χ3v) is 5.86. The Bertz CT molecular complexity index is 626. The van der Waals surface area contributed by atoms with Crippen molar-refractivity contribution in [1.29, 1.82) is 0 Å². The smallest absolute Gasteiger partial charge is 0.335 e. The highest BCUT2D eigenvalue weighted by molar-refractivity contribution is 7.91. The van der Waals surface area contributed by atoms with Gasteiger partial charge in [0.25, 0.3) is 0 Å². The summed E-state index contributed by atoms with van der Waals surface area (Å²) < 4.78 is 28.5. The van der Waals surface area contributed by atoms with Gasteiger partial charge in [0.2, 0.25) is 0 Å². The molecule has 1 fully saturated rings. The summed E-state index contributed by atoms with van der Waals surface area (Å²) in [5.74, 6) is -0.501. The molecule has 1 aromatic carbocycles. The molecular weight excluding hydrogens is 318 g/mol. The number of hydrogen-bond acceptors (Lipinski definition) is 5. The average molecular weight is 341 g/mol. The first kappa shape index (κ1) is 17.9. The summed E-state index contributed by atoms with van der Waals surface area (Å²) >= 11 is 0. The summed E-state index contributed by atoms with van der Waals surface area (Å²) in [6.45, 7) is 2.01. The molecule has 1 unspecified atom stereocenters. The van der Waals surface area contributed by atoms with Crippen molar-refractivity contribution in [2.24, 2.45) is 0 Å². The molecule has 0 aliphatic carbocycles. The van der Waals surface area contributed by atoms with E-state index < -0.39 is 15.8 Å². The molecule has 1 aromatic rings. The number of hydrogen-bond donors (Lipinski definition) is 1. The number of sulfone groups is 1. The molecule has 1 atom stereocenters. The first-order chi connectivity index (χ1) is 10.9. The van der Waals surface area contributed by atoms with Gasteiger partial charge in [-0.05, 0) is 30.5 Å². The van der Waals surface area contributed by atoms with E-state index in [1.165, 1.54) is 0 Å². The van der Waals surface area contributed by atoms with Gasteiger partial charge in [-0.1, -0.05) is 12.1 Å². The van der Waals surface area contributed by atoms with E-state index in [9.17, 15) is 13.2 Å². The van der Waals surface area contributed by atoms with Crippen LogP contribution in [0.4, 0.5) is 0 Å². The van der Waals surface area contributed by atoms with E-state index in [1.54, 1.807) is 31.4 Å². The fourth-order valence-electron chi connectivity index (χ4n) is 2.85. The Labute approximate surface area is 137 Å². The molecule has 1 N–H and O–H groups in total. The second kappa shape index (κ2) is 7.90. The standard InChI is InChI=1S/C16H23NO5S/c1-22-9-2-8-17(15-7-10-23(20,21)12-15)11-13-3-5-14(6-4-13)16(18)19/h3-6,15H,2,7-12H2,1H3,(H,18,19). The third kappa shape index (κ3) is 5.30. The van der Waals surface area contributed by atoms with Gasteiger partial charge in [0.15, 0.2) is 9.84 Å². The van der Waals surface area contributed by atoms with Gasteiger partial charge in [-0.25, -0.2) is 13.2 Å². The number of carboxylic acids is 1. The number of benzene rings is 1. The van der Waals surface area contributed by atoms with Crippen LogP contribution in [0, 0.1) is 0 Å². The minimum absolute atomic E-state index is 0.0241. The van der Waals surface area contributed by atoms with E-state index in [1.807, 2.05) is 0 Å². The van der Waals surface area contributed by atoms with Gasteiger partial charge >= 0.3 is 5.97 Å². The number of nitrogens with zero attached hydrogens (tertiary/aromatic N) is 1. The van der Waals surface area contributed by atoms with Crippen LogP contribution in [0.2, 0.25) is 0 Å². The van der Waals surface area contributed by atoms with Gasteiger partial charge in [0.05, 0.1) is 17.1 Å². The van der Waals surface area contributed by atoms with Crippen LogP contribution in [0.3, 0.4) is 0 Å². The highest BCUT2D eigenvalue weighted by Crippen LogP contribution is 2.20. The van der Waals surface area contributed by atoms with Gasteiger partial charge in [-0.15, -0.1) is 0 Å². The lowest BCUT2D eigenvalue weighted by Crippen LogP contribution is -2.36. The molecule has 128 valence electrons. The minimum atomic E-state index is -2.93. The van der Waals surface area contributed by atoms with Crippen molar-refractivity contribution < 1.29 is 23.1 Å². The van der Waals surface area contributed by atoms with Crippen LogP contribution >= 0.6 is 0 Å². The molecule has 7 heteroatoms. The van der Waals surface area contributed by atoms with Crippen LogP contribution in [-0.4, -0.2) is 62.2 Å². The monoisotopic (exact) mass is 341 g/mol. The van der Waals surface area contributed by atoms with Crippen molar-refractivity contribution in [2.75, 3.05) is 31.8 Å². The molecule has 0 saturated carbocycles. The number of methoxy groups -OCH3 is 1. The molecule has 1 aliphatic heterocycles. The maximum Gasteiger partial charge on any atom is 0.335 e. The molecule has 0 bridgehead atoms. The Morgan fingerprint density at radius 3 is 2.57 bits per heavy atom. The molecule has 0 spiro atoms. The topological polar surface area (TPSA) is 83.9 Å². The largest absolute Gasteiger partial charge is 0.478 e. The lowest BCUT2D eigenvalue weighted by molar-refractivity contribution is 0.0697. The predicted octanol–water partition coefficient (Wildman–Crippen LogP) is 1.41. The van der Waals surface area contributed by atoms with E-state index in [4.69, 9.17) is 9.84 Å². The molecule has 2 rings (SSSR count). The molecule has 0 aromatic heterocycles. The summed E-state index contributed by atoms with van der Waals surface area (Å²) in [5, 5.41) is 8.94. The van der Waals surface area contributed by atoms with E-state index >= 15 is 0 Å². The van der Waals surface area contributed by atoms with Gasteiger partial charge in [-0.3, -0.25) is 4.90 Å². The van der Waals surface area contributed by atoms with Gasteiger partial charge in [0.1, 0.15) is 0 Å². The number of ether oxygens (including phenoxy) is 1. The first-order valence-corrected chi connectivity index (χ1v) is 9.49. The van der Waals surface area contributed by atoms with Crippen LogP contribution in [0.15, 0.2) is 24.3 Å². The van der Waals surface area contributed by atoms with E-state index in [2.05, 4.69) is 4.90 Å². The fourth-order valence-corrected chi connectivity index (χ4v) is 4.61. The minimum Gasteiger partial charge on any atom is -0.478 e. The maximum atomic E-state index is 11.7. The Kier molecular flexibility index (Phi) is 6.15. The third-order valence-electron chi connectivity index (χ3n) is 4.11. The fraction of sp³-hybridized carbons (Fsp3) is 0.562.